The van der Waals surface area contributed by atoms with Gasteiger partial charge < -0.3 is 5.73 Å². The zero-order valence-electron chi connectivity index (χ0n) is 9.71. The fourth-order valence-electron chi connectivity index (χ4n) is 2.08. The number of nitrogens with zero attached hydrogens (tertiary/aromatic N) is 3. The van der Waals surface area contributed by atoms with Crippen LogP contribution in [0.1, 0.15) is 12.2 Å². The Hall–Kier alpha value is -1.46. The fourth-order valence-corrected chi connectivity index (χ4v) is 2.08. The Morgan fingerprint density at radius 2 is 2.22 bits per heavy atom. The Morgan fingerprint density at radius 1 is 1.39 bits per heavy atom. The first-order valence-corrected chi connectivity index (χ1v) is 5.67. The van der Waals surface area contributed by atoms with Crippen LogP contribution in [0.4, 0.5) is 4.39 Å². The van der Waals surface area contributed by atoms with Crippen LogP contribution in [0.15, 0.2) is 24.3 Å². The van der Waals surface area contributed by atoms with E-state index in [9.17, 15) is 4.39 Å². The predicted octanol–water partition coefficient (Wildman–Crippen LogP) is 1.78. The molecular formula is C12H14ClFN4. The molecule has 18 heavy (non-hydrogen) atoms. The number of aromatic nitrogens is 3. The van der Waals surface area contributed by atoms with Gasteiger partial charge in [-0.2, -0.15) is 5.10 Å². The van der Waals surface area contributed by atoms with Gasteiger partial charge in [-0.1, -0.05) is 12.1 Å². The maximum atomic E-state index is 13.1. The van der Waals surface area contributed by atoms with E-state index in [1.807, 2.05) is 10.7 Å². The molecule has 96 valence electrons. The van der Waals surface area contributed by atoms with Crippen molar-refractivity contribution in [2.24, 2.45) is 5.73 Å². The van der Waals surface area contributed by atoms with Gasteiger partial charge in [-0.25, -0.2) is 14.1 Å². The largest absolute Gasteiger partial charge is 0.327 e. The summed E-state index contributed by atoms with van der Waals surface area (Å²) in [4.78, 5) is 4.42. The summed E-state index contributed by atoms with van der Waals surface area (Å²) >= 11 is 0. The van der Waals surface area contributed by atoms with Gasteiger partial charge >= 0.3 is 0 Å². The number of halogens is 2. The van der Waals surface area contributed by atoms with E-state index in [0.717, 1.165) is 25.2 Å². The summed E-state index contributed by atoms with van der Waals surface area (Å²) in [6.07, 6.45) is 1.65. The van der Waals surface area contributed by atoms with Crippen LogP contribution in [-0.4, -0.2) is 20.8 Å². The molecule has 0 saturated carbocycles. The average Bonchev–Trinajstić information content (AvgIpc) is 2.72. The molecule has 3 rings (SSSR count). The topological polar surface area (TPSA) is 56.7 Å². The number of aryl methyl sites for hydroxylation is 1. The summed E-state index contributed by atoms with van der Waals surface area (Å²) in [6, 6.07) is 6.49. The van der Waals surface area contributed by atoms with Crippen LogP contribution in [0.5, 0.6) is 0 Å². The van der Waals surface area contributed by atoms with E-state index >= 15 is 0 Å². The first-order valence-electron chi connectivity index (χ1n) is 5.67. The van der Waals surface area contributed by atoms with Crippen molar-refractivity contribution >= 4 is 12.4 Å². The Labute approximate surface area is 110 Å². The summed E-state index contributed by atoms with van der Waals surface area (Å²) in [6.45, 7) is 0.790. The molecule has 0 spiro atoms. The highest BCUT2D eigenvalue weighted by Crippen LogP contribution is 2.19. The molecule has 0 bridgehead atoms. The highest BCUT2D eigenvalue weighted by Gasteiger charge is 2.19. The molecule has 4 nitrogen and oxygen atoms in total. The zero-order chi connectivity index (χ0) is 11.8. The molecule has 1 aliphatic heterocycles. The van der Waals surface area contributed by atoms with Crippen molar-refractivity contribution in [2.45, 2.75) is 25.4 Å². The summed E-state index contributed by atoms with van der Waals surface area (Å²) in [5.41, 5.74) is 6.59. The molecule has 1 unspecified atom stereocenters. The van der Waals surface area contributed by atoms with E-state index in [1.165, 1.54) is 12.1 Å². The SMILES string of the molecule is Cl.NC1CCn2nc(-c3cccc(F)c3)nc2C1. The fraction of sp³-hybridized carbons (Fsp3) is 0.333. The van der Waals surface area contributed by atoms with Gasteiger partial charge in [-0.3, -0.25) is 0 Å². The van der Waals surface area contributed by atoms with Gasteiger partial charge in [0.05, 0.1) is 0 Å². The van der Waals surface area contributed by atoms with Gasteiger partial charge in [0, 0.05) is 24.6 Å². The quantitative estimate of drug-likeness (QED) is 0.858. The van der Waals surface area contributed by atoms with Gasteiger partial charge in [-0.05, 0) is 18.6 Å². The Balaban J connectivity index is 0.00000120. The second-order valence-corrected chi connectivity index (χ2v) is 4.34. The Morgan fingerprint density at radius 3 is 3.00 bits per heavy atom. The highest BCUT2D eigenvalue weighted by molar-refractivity contribution is 5.85. The number of benzene rings is 1. The normalized spacial score (nSPS) is 18.0. The summed E-state index contributed by atoms with van der Waals surface area (Å²) in [5.74, 6) is 1.20. The molecule has 0 fully saturated rings. The van der Waals surface area contributed by atoms with Crippen LogP contribution in [0, 0.1) is 5.82 Å². The molecule has 0 saturated heterocycles. The van der Waals surface area contributed by atoms with E-state index in [2.05, 4.69) is 10.1 Å². The van der Waals surface area contributed by atoms with Crippen molar-refractivity contribution in [1.82, 2.24) is 14.8 Å². The third kappa shape index (κ3) is 2.37. The molecule has 6 heteroatoms. The number of rotatable bonds is 1. The number of hydrogen-bond acceptors (Lipinski definition) is 3. The zero-order valence-corrected chi connectivity index (χ0v) is 10.5. The van der Waals surface area contributed by atoms with Crippen LogP contribution in [0.25, 0.3) is 11.4 Å². The maximum absolute atomic E-state index is 13.1. The molecule has 1 atom stereocenters. The average molecular weight is 269 g/mol. The van der Waals surface area contributed by atoms with Crippen molar-refractivity contribution < 1.29 is 4.39 Å². The molecular weight excluding hydrogens is 255 g/mol. The lowest BCUT2D eigenvalue weighted by Gasteiger charge is -2.17. The van der Waals surface area contributed by atoms with Crippen molar-refractivity contribution in [2.75, 3.05) is 0 Å². The van der Waals surface area contributed by atoms with Crippen LogP contribution in [0.2, 0.25) is 0 Å². The minimum atomic E-state index is -0.271. The van der Waals surface area contributed by atoms with Gasteiger partial charge in [0.15, 0.2) is 5.82 Å². The van der Waals surface area contributed by atoms with Crippen molar-refractivity contribution in [3.8, 4) is 11.4 Å². The third-order valence-electron chi connectivity index (χ3n) is 2.99. The second kappa shape index (κ2) is 5.04. The molecule has 2 heterocycles. The maximum Gasteiger partial charge on any atom is 0.181 e. The van der Waals surface area contributed by atoms with E-state index in [1.54, 1.807) is 6.07 Å². The lowest BCUT2D eigenvalue weighted by Crippen LogP contribution is -2.31. The molecule has 2 N–H and O–H groups in total. The summed E-state index contributed by atoms with van der Waals surface area (Å²) < 4.78 is 15.0. The number of hydrogen-bond donors (Lipinski definition) is 1. The Bertz CT molecular complexity index is 555. The molecule has 0 radical (unpaired) electrons. The molecule has 1 aromatic heterocycles. The minimum absolute atomic E-state index is 0. The van der Waals surface area contributed by atoms with Gasteiger partial charge in [0.2, 0.25) is 0 Å². The van der Waals surface area contributed by atoms with Crippen molar-refractivity contribution in [1.29, 1.82) is 0 Å². The van der Waals surface area contributed by atoms with Crippen LogP contribution in [0.3, 0.4) is 0 Å². The van der Waals surface area contributed by atoms with Crippen LogP contribution >= 0.6 is 12.4 Å². The molecule has 1 aliphatic rings. The highest BCUT2D eigenvalue weighted by atomic mass is 35.5. The van der Waals surface area contributed by atoms with Crippen LogP contribution < -0.4 is 5.73 Å². The lowest BCUT2D eigenvalue weighted by atomic mass is 10.1. The molecule has 1 aromatic carbocycles. The summed E-state index contributed by atoms with van der Waals surface area (Å²) in [7, 11) is 0. The van der Waals surface area contributed by atoms with Gasteiger partial charge in [0.1, 0.15) is 11.6 Å². The Kier molecular flexibility index (Phi) is 3.63. The predicted molar refractivity (Wildman–Crippen MR) is 69.0 cm³/mol. The van der Waals surface area contributed by atoms with E-state index < -0.39 is 0 Å². The van der Waals surface area contributed by atoms with E-state index in [4.69, 9.17) is 5.73 Å². The molecule has 0 aliphatic carbocycles. The molecule has 0 amide bonds. The lowest BCUT2D eigenvalue weighted by molar-refractivity contribution is 0.433. The summed E-state index contributed by atoms with van der Waals surface area (Å²) in [5, 5.41) is 4.38. The van der Waals surface area contributed by atoms with Crippen molar-refractivity contribution in [3.05, 3.63) is 35.9 Å². The van der Waals surface area contributed by atoms with Crippen LogP contribution in [-0.2, 0) is 13.0 Å². The monoisotopic (exact) mass is 268 g/mol. The first kappa shape index (κ1) is 13.0. The van der Waals surface area contributed by atoms with Gasteiger partial charge in [0.25, 0.3) is 0 Å². The van der Waals surface area contributed by atoms with E-state index in [-0.39, 0.29) is 24.3 Å². The third-order valence-corrected chi connectivity index (χ3v) is 2.99. The number of nitrogens with two attached hydrogens (primary N) is 1. The second-order valence-electron chi connectivity index (χ2n) is 4.34. The van der Waals surface area contributed by atoms with Gasteiger partial charge in [-0.15, -0.1) is 12.4 Å². The minimum Gasteiger partial charge on any atom is -0.327 e. The number of fused-ring (bicyclic) bond motifs is 1. The van der Waals surface area contributed by atoms with E-state index in [0.29, 0.717) is 11.4 Å². The van der Waals surface area contributed by atoms with Crippen molar-refractivity contribution in [3.63, 3.8) is 0 Å². The molecule has 2 aromatic rings. The standard InChI is InChI=1S/C12H13FN4.ClH/c13-9-3-1-2-8(6-9)12-15-11-7-10(14)4-5-17(11)16-12;/h1-3,6,10H,4-5,7,14H2;1H. The first-order chi connectivity index (χ1) is 8.22. The smallest absolute Gasteiger partial charge is 0.181 e.